The van der Waals surface area contributed by atoms with Gasteiger partial charge in [0.1, 0.15) is 0 Å². The third kappa shape index (κ3) is 2.62. The second-order valence-electron chi connectivity index (χ2n) is 4.76. The fraction of sp³-hybridized carbons (Fsp3) is 0.750. The molecule has 0 amide bonds. The molecule has 4 nitrogen and oxygen atoms in total. The lowest BCUT2D eigenvalue weighted by molar-refractivity contribution is 0.0842. The molecule has 0 fully saturated rings. The van der Waals surface area contributed by atoms with Crippen LogP contribution in [-0.2, 0) is 13.0 Å². The summed E-state index contributed by atoms with van der Waals surface area (Å²) in [5, 5.41) is 13.8. The first-order valence-corrected chi connectivity index (χ1v) is 5.90. The third-order valence-electron chi connectivity index (χ3n) is 3.51. The van der Waals surface area contributed by atoms with E-state index in [9.17, 15) is 5.11 Å². The van der Waals surface area contributed by atoms with Crippen LogP contribution < -0.4 is 5.73 Å². The number of rotatable bonds is 6. The van der Waals surface area contributed by atoms with Gasteiger partial charge in [-0.25, -0.2) is 0 Å². The van der Waals surface area contributed by atoms with E-state index < -0.39 is 0 Å². The SMILES string of the molecule is CCn1cc(CC(CN)(CO)C(C)C)cn1. The summed E-state index contributed by atoms with van der Waals surface area (Å²) < 4.78 is 1.90. The standard InChI is InChI=1S/C12H23N3O/c1-4-15-7-11(6-14-15)5-12(8-13,9-16)10(2)3/h6-7,10,16H,4-5,8-9,13H2,1-3H3. The highest BCUT2D eigenvalue weighted by molar-refractivity contribution is 5.08. The number of nitrogens with zero attached hydrogens (tertiary/aromatic N) is 2. The number of aliphatic hydroxyl groups excluding tert-OH is 1. The van der Waals surface area contributed by atoms with E-state index in [0.717, 1.165) is 18.5 Å². The smallest absolute Gasteiger partial charge is 0.0521 e. The Morgan fingerprint density at radius 1 is 1.56 bits per heavy atom. The summed E-state index contributed by atoms with van der Waals surface area (Å²) in [7, 11) is 0. The number of aryl methyl sites for hydroxylation is 1. The average molecular weight is 225 g/mol. The van der Waals surface area contributed by atoms with Gasteiger partial charge in [0.15, 0.2) is 0 Å². The highest BCUT2D eigenvalue weighted by atomic mass is 16.3. The Labute approximate surface area is 97.5 Å². The highest BCUT2D eigenvalue weighted by Crippen LogP contribution is 2.30. The Bertz CT molecular complexity index is 316. The molecule has 0 bridgehead atoms. The van der Waals surface area contributed by atoms with Crippen LogP contribution >= 0.6 is 0 Å². The maximum atomic E-state index is 9.57. The molecule has 0 saturated carbocycles. The van der Waals surface area contributed by atoms with Crippen LogP contribution in [0.5, 0.6) is 0 Å². The predicted octanol–water partition coefficient (Wildman–Crippen LogP) is 1.04. The van der Waals surface area contributed by atoms with Crippen molar-refractivity contribution in [1.82, 2.24) is 9.78 Å². The monoisotopic (exact) mass is 225 g/mol. The summed E-state index contributed by atoms with van der Waals surface area (Å²) in [5.74, 6) is 0.354. The van der Waals surface area contributed by atoms with Crippen LogP contribution in [0, 0.1) is 11.3 Å². The molecule has 1 unspecified atom stereocenters. The zero-order valence-electron chi connectivity index (χ0n) is 10.5. The van der Waals surface area contributed by atoms with Crippen LogP contribution in [0.3, 0.4) is 0 Å². The van der Waals surface area contributed by atoms with Gasteiger partial charge in [-0.3, -0.25) is 4.68 Å². The van der Waals surface area contributed by atoms with Crippen molar-refractivity contribution >= 4 is 0 Å². The molecule has 0 spiro atoms. The zero-order chi connectivity index (χ0) is 12.2. The van der Waals surface area contributed by atoms with E-state index in [-0.39, 0.29) is 12.0 Å². The molecular formula is C12H23N3O. The van der Waals surface area contributed by atoms with Gasteiger partial charge in [0.05, 0.1) is 12.8 Å². The summed E-state index contributed by atoms with van der Waals surface area (Å²) in [6, 6.07) is 0. The van der Waals surface area contributed by atoms with E-state index in [2.05, 4.69) is 25.9 Å². The Balaban J connectivity index is 2.82. The molecule has 92 valence electrons. The van der Waals surface area contributed by atoms with Crippen molar-refractivity contribution in [2.45, 2.75) is 33.7 Å². The van der Waals surface area contributed by atoms with Crippen molar-refractivity contribution in [2.24, 2.45) is 17.1 Å². The van der Waals surface area contributed by atoms with Crippen LogP contribution in [0.4, 0.5) is 0 Å². The van der Waals surface area contributed by atoms with Gasteiger partial charge in [0, 0.05) is 24.7 Å². The molecule has 16 heavy (non-hydrogen) atoms. The van der Waals surface area contributed by atoms with Gasteiger partial charge in [0.25, 0.3) is 0 Å². The lowest BCUT2D eigenvalue weighted by Crippen LogP contribution is -2.41. The number of hydrogen-bond acceptors (Lipinski definition) is 3. The van der Waals surface area contributed by atoms with Gasteiger partial charge < -0.3 is 10.8 Å². The number of hydrogen-bond donors (Lipinski definition) is 2. The first-order chi connectivity index (χ1) is 7.57. The lowest BCUT2D eigenvalue weighted by atomic mass is 9.74. The van der Waals surface area contributed by atoms with Gasteiger partial charge >= 0.3 is 0 Å². The van der Waals surface area contributed by atoms with Gasteiger partial charge in [-0.2, -0.15) is 5.10 Å². The van der Waals surface area contributed by atoms with Crippen molar-refractivity contribution in [3.05, 3.63) is 18.0 Å². The maximum Gasteiger partial charge on any atom is 0.0521 e. The van der Waals surface area contributed by atoms with Crippen LogP contribution in [0.1, 0.15) is 26.3 Å². The van der Waals surface area contributed by atoms with Gasteiger partial charge in [-0.05, 0) is 24.8 Å². The number of aliphatic hydroxyl groups is 1. The van der Waals surface area contributed by atoms with Crippen molar-refractivity contribution < 1.29 is 5.11 Å². The normalized spacial score (nSPS) is 15.4. The van der Waals surface area contributed by atoms with Gasteiger partial charge in [-0.15, -0.1) is 0 Å². The minimum absolute atomic E-state index is 0.123. The molecule has 1 aromatic heterocycles. The molecule has 1 atom stereocenters. The Morgan fingerprint density at radius 2 is 2.25 bits per heavy atom. The molecule has 1 rings (SSSR count). The fourth-order valence-electron chi connectivity index (χ4n) is 1.89. The minimum atomic E-state index is -0.221. The molecule has 1 aromatic rings. The lowest BCUT2D eigenvalue weighted by Gasteiger charge is -2.34. The molecule has 1 heterocycles. The van der Waals surface area contributed by atoms with Crippen molar-refractivity contribution in [2.75, 3.05) is 13.2 Å². The van der Waals surface area contributed by atoms with Crippen molar-refractivity contribution in [3.8, 4) is 0 Å². The summed E-state index contributed by atoms with van der Waals surface area (Å²) in [5.41, 5.74) is 6.75. The largest absolute Gasteiger partial charge is 0.396 e. The molecule has 0 saturated heterocycles. The van der Waals surface area contributed by atoms with E-state index in [1.54, 1.807) is 0 Å². The van der Waals surface area contributed by atoms with Crippen LogP contribution in [-0.4, -0.2) is 28.0 Å². The van der Waals surface area contributed by atoms with Crippen molar-refractivity contribution in [3.63, 3.8) is 0 Å². The van der Waals surface area contributed by atoms with Gasteiger partial charge in [0.2, 0.25) is 0 Å². The van der Waals surface area contributed by atoms with Gasteiger partial charge in [-0.1, -0.05) is 13.8 Å². The Kier molecular flexibility index (Phi) is 4.50. The number of nitrogens with two attached hydrogens (primary N) is 1. The quantitative estimate of drug-likeness (QED) is 0.760. The second kappa shape index (κ2) is 5.46. The zero-order valence-corrected chi connectivity index (χ0v) is 10.5. The van der Waals surface area contributed by atoms with E-state index in [0.29, 0.717) is 12.5 Å². The highest BCUT2D eigenvalue weighted by Gasteiger charge is 2.32. The maximum absolute atomic E-state index is 9.57. The van der Waals surface area contributed by atoms with E-state index >= 15 is 0 Å². The average Bonchev–Trinajstić information content (AvgIpc) is 2.73. The minimum Gasteiger partial charge on any atom is -0.396 e. The Morgan fingerprint density at radius 3 is 2.62 bits per heavy atom. The molecule has 0 aliphatic rings. The van der Waals surface area contributed by atoms with E-state index in [1.165, 1.54) is 0 Å². The molecule has 0 aliphatic heterocycles. The molecule has 0 aliphatic carbocycles. The Hall–Kier alpha value is -0.870. The fourth-order valence-corrected chi connectivity index (χ4v) is 1.89. The molecule has 0 radical (unpaired) electrons. The first kappa shape index (κ1) is 13.2. The van der Waals surface area contributed by atoms with Crippen LogP contribution in [0.15, 0.2) is 12.4 Å². The van der Waals surface area contributed by atoms with E-state index in [1.807, 2.05) is 17.1 Å². The summed E-state index contributed by atoms with van der Waals surface area (Å²) in [6.45, 7) is 7.76. The van der Waals surface area contributed by atoms with Crippen LogP contribution in [0.2, 0.25) is 0 Å². The molecule has 0 aromatic carbocycles. The molecular weight excluding hydrogens is 202 g/mol. The summed E-state index contributed by atoms with van der Waals surface area (Å²) in [4.78, 5) is 0. The topological polar surface area (TPSA) is 64.1 Å². The van der Waals surface area contributed by atoms with Crippen LogP contribution in [0.25, 0.3) is 0 Å². The summed E-state index contributed by atoms with van der Waals surface area (Å²) in [6.07, 6.45) is 4.69. The first-order valence-electron chi connectivity index (χ1n) is 5.90. The predicted molar refractivity (Wildman–Crippen MR) is 65.0 cm³/mol. The van der Waals surface area contributed by atoms with Crippen molar-refractivity contribution in [1.29, 1.82) is 0 Å². The number of aromatic nitrogens is 2. The second-order valence-corrected chi connectivity index (χ2v) is 4.76. The van der Waals surface area contributed by atoms with E-state index in [4.69, 9.17) is 5.73 Å². The molecule has 4 heteroatoms. The molecule has 3 N–H and O–H groups in total. The summed E-state index contributed by atoms with van der Waals surface area (Å²) >= 11 is 0. The third-order valence-corrected chi connectivity index (χ3v) is 3.51.